The van der Waals surface area contributed by atoms with Crippen molar-refractivity contribution in [2.24, 2.45) is 5.92 Å². The number of ether oxygens (including phenoxy) is 1. The minimum absolute atomic E-state index is 0.594. The van der Waals surface area contributed by atoms with E-state index < -0.39 is 8.07 Å². The molecule has 2 atom stereocenters. The lowest BCUT2D eigenvalue weighted by Crippen LogP contribution is -2.26. The monoisotopic (exact) mass is 208 g/mol. The van der Waals surface area contributed by atoms with Gasteiger partial charge in [0.2, 0.25) is 0 Å². The van der Waals surface area contributed by atoms with Gasteiger partial charge in [-0.15, -0.1) is 0 Å². The van der Waals surface area contributed by atoms with Gasteiger partial charge in [-0.2, -0.15) is 0 Å². The van der Waals surface area contributed by atoms with E-state index in [0.717, 1.165) is 18.8 Å². The van der Waals surface area contributed by atoms with Gasteiger partial charge in [-0.3, -0.25) is 0 Å². The third-order valence-corrected chi connectivity index (χ3v) is 5.96. The van der Waals surface area contributed by atoms with Crippen molar-refractivity contribution in [1.82, 2.24) is 0 Å². The van der Waals surface area contributed by atoms with Gasteiger partial charge in [-0.1, -0.05) is 37.9 Å². The first-order valence-corrected chi connectivity index (χ1v) is 9.10. The topological polar surface area (TPSA) is 9.23 Å². The first-order chi connectivity index (χ1) is 6.57. The van der Waals surface area contributed by atoms with E-state index in [1.54, 1.807) is 0 Å². The summed E-state index contributed by atoms with van der Waals surface area (Å²) in [6, 6.07) is 0. The summed E-state index contributed by atoms with van der Waals surface area (Å²) in [5.41, 5.74) is 2.34. The van der Waals surface area contributed by atoms with Crippen molar-refractivity contribution in [2.45, 2.75) is 31.6 Å². The molecular weight excluding hydrogens is 188 g/mol. The van der Waals surface area contributed by atoms with Crippen molar-refractivity contribution in [2.75, 3.05) is 13.2 Å². The van der Waals surface area contributed by atoms with E-state index in [1.807, 2.05) is 0 Å². The molecule has 1 heterocycles. The highest BCUT2D eigenvalue weighted by Gasteiger charge is 2.29. The summed E-state index contributed by atoms with van der Waals surface area (Å²) in [6.45, 7) is 9.15. The second-order valence-corrected chi connectivity index (χ2v) is 11.0. The summed E-state index contributed by atoms with van der Waals surface area (Å²) in [4.78, 5) is 0. The van der Waals surface area contributed by atoms with Crippen LogP contribution in [0.1, 0.15) is 6.42 Å². The van der Waals surface area contributed by atoms with Gasteiger partial charge in [0.05, 0.1) is 21.3 Å². The Morgan fingerprint density at radius 3 is 2.86 bits per heavy atom. The van der Waals surface area contributed by atoms with Crippen LogP contribution >= 0.6 is 0 Å². The minimum atomic E-state index is -1.03. The molecule has 14 heavy (non-hydrogen) atoms. The van der Waals surface area contributed by atoms with Gasteiger partial charge < -0.3 is 4.74 Å². The van der Waals surface area contributed by atoms with E-state index in [9.17, 15) is 0 Å². The smallest absolute Gasteiger partial charge is 0.0683 e. The largest absolute Gasteiger partial charge is 0.376 e. The Balaban J connectivity index is 2.23. The summed E-state index contributed by atoms with van der Waals surface area (Å²) < 4.78 is 5.50. The lowest BCUT2D eigenvalue weighted by atomic mass is 10.0. The normalized spacial score (nSPS) is 32.4. The van der Waals surface area contributed by atoms with Gasteiger partial charge in [-0.05, 0) is 17.5 Å². The van der Waals surface area contributed by atoms with Gasteiger partial charge in [0.1, 0.15) is 0 Å². The minimum Gasteiger partial charge on any atom is -0.376 e. The molecule has 78 valence electrons. The van der Waals surface area contributed by atoms with Crippen LogP contribution in [-0.4, -0.2) is 21.3 Å². The van der Waals surface area contributed by atoms with Crippen LogP contribution in [0.3, 0.4) is 0 Å². The predicted molar refractivity (Wildman–Crippen MR) is 63.2 cm³/mol. The van der Waals surface area contributed by atoms with Crippen LogP contribution in [0.4, 0.5) is 0 Å². The average Bonchev–Trinajstić information content (AvgIpc) is 2.41. The predicted octanol–water partition coefficient (Wildman–Crippen LogP) is 3.23. The standard InChI is InChI=1S/C12H20OSi/c1-14(2,3)12-6-4-5-10-8-13-9-11(10)7-12/h4-5,7,10,12H,6,8-9H2,1-3H3/t10-,12-/m0/s1. The van der Waals surface area contributed by atoms with Crippen molar-refractivity contribution in [1.29, 1.82) is 0 Å². The highest BCUT2D eigenvalue weighted by atomic mass is 28.3. The Kier molecular flexibility index (Phi) is 2.67. The molecule has 0 N–H and O–H groups in total. The number of rotatable bonds is 1. The van der Waals surface area contributed by atoms with Crippen molar-refractivity contribution >= 4 is 8.07 Å². The maximum Gasteiger partial charge on any atom is 0.0683 e. The van der Waals surface area contributed by atoms with Gasteiger partial charge in [0.15, 0.2) is 0 Å². The van der Waals surface area contributed by atoms with Crippen molar-refractivity contribution < 1.29 is 4.74 Å². The first kappa shape index (κ1) is 10.2. The number of hydrogen-bond acceptors (Lipinski definition) is 1. The molecule has 0 bridgehead atoms. The zero-order valence-corrected chi connectivity index (χ0v) is 10.4. The fraction of sp³-hybridized carbons (Fsp3) is 0.667. The van der Waals surface area contributed by atoms with Crippen LogP contribution in [0.25, 0.3) is 0 Å². The molecule has 0 saturated carbocycles. The highest BCUT2D eigenvalue weighted by Crippen LogP contribution is 2.35. The molecule has 2 heteroatoms. The van der Waals surface area contributed by atoms with E-state index in [1.165, 1.54) is 12.0 Å². The Morgan fingerprint density at radius 1 is 1.36 bits per heavy atom. The van der Waals surface area contributed by atoms with Crippen LogP contribution in [0.2, 0.25) is 25.2 Å². The van der Waals surface area contributed by atoms with Crippen molar-refractivity contribution in [3.63, 3.8) is 0 Å². The molecule has 0 aromatic rings. The molecule has 2 aliphatic rings. The van der Waals surface area contributed by atoms with Gasteiger partial charge in [-0.25, -0.2) is 0 Å². The van der Waals surface area contributed by atoms with Gasteiger partial charge in [0, 0.05) is 5.92 Å². The third kappa shape index (κ3) is 2.01. The van der Waals surface area contributed by atoms with Gasteiger partial charge >= 0.3 is 0 Å². The molecule has 0 radical (unpaired) electrons. The lowest BCUT2D eigenvalue weighted by Gasteiger charge is -2.25. The summed E-state index contributed by atoms with van der Waals surface area (Å²) >= 11 is 0. The van der Waals surface area contributed by atoms with Crippen molar-refractivity contribution in [3.05, 3.63) is 23.8 Å². The number of fused-ring (bicyclic) bond motifs is 1. The second-order valence-electron chi connectivity index (χ2n) is 5.50. The zero-order chi connectivity index (χ0) is 10.2. The average molecular weight is 208 g/mol. The molecule has 0 amide bonds. The molecule has 1 fully saturated rings. The van der Waals surface area contributed by atoms with Gasteiger partial charge in [0.25, 0.3) is 0 Å². The van der Waals surface area contributed by atoms with E-state index in [0.29, 0.717) is 5.92 Å². The Labute approximate surface area is 87.9 Å². The van der Waals surface area contributed by atoms with Crippen LogP contribution in [-0.2, 0) is 4.74 Å². The van der Waals surface area contributed by atoms with E-state index in [2.05, 4.69) is 37.9 Å². The maximum atomic E-state index is 5.50. The van der Waals surface area contributed by atoms with Crippen molar-refractivity contribution in [3.8, 4) is 0 Å². The van der Waals surface area contributed by atoms with Crippen LogP contribution in [0.5, 0.6) is 0 Å². The molecule has 0 spiro atoms. The summed E-state index contributed by atoms with van der Waals surface area (Å²) in [5.74, 6) is 0.594. The molecule has 0 aromatic heterocycles. The summed E-state index contributed by atoms with van der Waals surface area (Å²) in [5, 5.41) is 0. The third-order valence-electron chi connectivity index (χ3n) is 3.33. The fourth-order valence-electron chi connectivity index (χ4n) is 2.19. The quantitative estimate of drug-likeness (QED) is 0.475. The van der Waals surface area contributed by atoms with E-state index in [-0.39, 0.29) is 0 Å². The fourth-order valence-corrected chi connectivity index (χ4v) is 3.75. The first-order valence-electron chi connectivity index (χ1n) is 5.52. The molecule has 2 rings (SSSR count). The lowest BCUT2D eigenvalue weighted by molar-refractivity contribution is 0.195. The Hall–Kier alpha value is -0.343. The summed E-state index contributed by atoms with van der Waals surface area (Å²) in [7, 11) is -1.03. The SMILES string of the molecule is C[Si](C)(C)[C@@H]1C=C2COC[C@@H]2C=CC1. The zero-order valence-electron chi connectivity index (χ0n) is 9.42. The number of allylic oxidation sites excluding steroid dienone is 2. The number of hydrogen-bond donors (Lipinski definition) is 0. The molecule has 0 unspecified atom stereocenters. The molecule has 1 saturated heterocycles. The Morgan fingerprint density at radius 2 is 2.14 bits per heavy atom. The molecular formula is C12H20OSi. The van der Waals surface area contributed by atoms with Crippen LogP contribution in [0, 0.1) is 5.92 Å². The van der Waals surface area contributed by atoms with E-state index >= 15 is 0 Å². The molecule has 1 aliphatic carbocycles. The Bertz CT molecular complexity index is 273. The second kappa shape index (κ2) is 3.67. The molecule has 0 aromatic carbocycles. The van der Waals surface area contributed by atoms with E-state index in [4.69, 9.17) is 4.74 Å². The summed E-state index contributed by atoms with van der Waals surface area (Å²) in [6.07, 6.45) is 8.48. The molecule has 1 nitrogen and oxygen atoms in total. The maximum absolute atomic E-state index is 5.50. The van der Waals surface area contributed by atoms with Crippen LogP contribution in [0.15, 0.2) is 23.8 Å². The molecule has 1 aliphatic heterocycles. The van der Waals surface area contributed by atoms with Crippen LogP contribution < -0.4 is 0 Å². The highest BCUT2D eigenvalue weighted by molar-refractivity contribution is 6.78.